The van der Waals surface area contributed by atoms with Crippen LogP contribution in [0.25, 0.3) is 0 Å². The molecule has 5 nitrogen and oxygen atoms in total. The van der Waals surface area contributed by atoms with Gasteiger partial charge in [-0.25, -0.2) is 4.99 Å². The Kier molecular flexibility index (Phi) is 4.71. The van der Waals surface area contributed by atoms with E-state index in [0.29, 0.717) is 18.1 Å². The molecule has 0 saturated heterocycles. The highest BCUT2D eigenvalue weighted by atomic mass is 35.5. The summed E-state index contributed by atoms with van der Waals surface area (Å²) in [4.78, 5) is 13.7. The van der Waals surface area contributed by atoms with Gasteiger partial charge in [0.25, 0.3) is 6.47 Å². The molecule has 0 unspecified atom stereocenters. The molecule has 1 rings (SSSR count). The first-order valence-corrected chi connectivity index (χ1v) is 2.97. The van der Waals surface area contributed by atoms with Crippen molar-refractivity contribution in [2.45, 2.75) is 6.92 Å². The molecule has 12 heavy (non-hydrogen) atoms. The topological polar surface area (TPSA) is 67.3 Å². The third-order valence-corrected chi connectivity index (χ3v) is 0.989. The predicted octanol–water partition coefficient (Wildman–Crippen LogP) is 1.05. The summed E-state index contributed by atoms with van der Waals surface area (Å²) >= 11 is 0. The molecule has 0 fully saturated rings. The van der Waals surface area contributed by atoms with E-state index in [4.69, 9.17) is 0 Å². The van der Waals surface area contributed by atoms with Crippen LogP contribution in [0.4, 0.5) is 5.69 Å². The Balaban J connectivity index is 0.00000121. The lowest BCUT2D eigenvalue weighted by Crippen LogP contribution is -1.95. The van der Waals surface area contributed by atoms with Crippen molar-refractivity contribution < 1.29 is 9.53 Å². The summed E-state index contributed by atoms with van der Waals surface area (Å²) in [6, 6.07) is 0. The number of hydrogen-bond donors (Lipinski definition) is 1. The molecule has 1 N–H and O–H groups in total. The van der Waals surface area contributed by atoms with E-state index in [2.05, 4.69) is 19.9 Å². The Bertz CT molecular complexity index is 258. The average molecular weight is 190 g/mol. The summed E-state index contributed by atoms with van der Waals surface area (Å²) in [6.07, 6.45) is 3.12. The molecule has 1 heterocycles. The monoisotopic (exact) mass is 189 g/mol. The van der Waals surface area contributed by atoms with Crippen LogP contribution in [-0.4, -0.2) is 22.6 Å². The van der Waals surface area contributed by atoms with Gasteiger partial charge in [-0.3, -0.25) is 9.89 Å². The van der Waals surface area contributed by atoms with Gasteiger partial charge in [0.05, 0.1) is 6.20 Å². The lowest BCUT2D eigenvalue weighted by Gasteiger charge is -1.91. The Morgan fingerprint density at radius 3 is 3.08 bits per heavy atom. The Hall–Kier alpha value is -1.36. The summed E-state index contributed by atoms with van der Waals surface area (Å²) < 4.78 is 4.44. The van der Waals surface area contributed by atoms with Gasteiger partial charge in [-0.2, -0.15) is 5.10 Å². The summed E-state index contributed by atoms with van der Waals surface area (Å²) in [7, 11) is 0. The molecule has 0 bridgehead atoms. The number of H-pyrrole nitrogens is 1. The zero-order valence-corrected chi connectivity index (χ0v) is 7.17. The number of halogens is 1. The molecule has 6 heteroatoms. The van der Waals surface area contributed by atoms with Crippen molar-refractivity contribution in [1.29, 1.82) is 0 Å². The van der Waals surface area contributed by atoms with Gasteiger partial charge in [0, 0.05) is 13.1 Å². The van der Waals surface area contributed by atoms with Crippen LogP contribution in [-0.2, 0) is 9.53 Å². The number of aromatic amines is 1. The molecule has 66 valence electrons. The van der Waals surface area contributed by atoms with E-state index in [1.165, 1.54) is 6.20 Å². The number of ether oxygens (including phenoxy) is 1. The lowest BCUT2D eigenvalue weighted by molar-refractivity contribution is -0.121. The quantitative estimate of drug-likeness (QED) is 0.430. The first kappa shape index (κ1) is 10.6. The van der Waals surface area contributed by atoms with E-state index in [-0.39, 0.29) is 12.4 Å². The first-order valence-electron chi connectivity index (χ1n) is 2.97. The summed E-state index contributed by atoms with van der Waals surface area (Å²) in [5.41, 5.74) is 0.629. The fraction of sp³-hybridized carbons (Fsp3) is 0.167. The summed E-state index contributed by atoms with van der Waals surface area (Å²) in [5, 5.41) is 6.24. The van der Waals surface area contributed by atoms with E-state index < -0.39 is 0 Å². The normalized spacial score (nSPS) is 10.2. The largest absolute Gasteiger partial charge is 0.414 e. The molecular formula is C6H8ClN3O2. The van der Waals surface area contributed by atoms with E-state index in [9.17, 15) is 4.79 Å². The second-order valence-corrected chi connectivity index (χ2v) is 1.80. The fourth-order valence-electron chi connectivity index (χ4n) is 0.583. The van der Waals surface area contributed by atoms with Gasteiger partial charge in [0.2, 0.25) is 0 Å². The third kappa shape index (κ3) is 3.16. The molecule has 0 radical (unpaired) electrons. The number of hydrogen-bond acceptors (Lipinski definition) is 4. The number of nitrogens with one attached hydrogen (secondary N) is 1. The zero-order chi connectivity index (χ0) is 8.10. The number of carbonyl (C=O) groups is 1. The highest BCUT2D eigenvalue weighted by Gasteiger charge is 1.91. The Morgan fingerprint density at radius 2 is 2.58 bits per heavy atom. The number of nitrogens with zero attached hydrogens (tertiary/aromatic N) is 2. The fourth-order valence-corrected chi connectivity index (χ4v) is 0.583. The van der Waals surface area contributed by atoms with Gasteiger partial charge in [0.15, 0.2) is 5.90 Å². The van der Waals surface area contributed by atoms with Crippen LogP contribution in [0.15, 0.2) is 17.4 Å². The number of aliphatic imine (C=N–C) groups is 1. The van der Waals surface area contributed by atoms with Crippen LogP contribution in [0.1, 0.15) is 6.92 Å². The standard InChI is InChI=1S/C6H7N3O2.ClH/c1-5(11-4-10)9-6-2-7-8-3-6;/h2-4H,1H3,(H,7,8);1H. The number of carbonyl (C=O) groups excluding carboxylic acids is 1. The van der Waals surface area contributed by atoms with E-state index >= 15 is 0 Å². The first-order chi connectivity index (χ1) is 5.33. The van der Waals surface area contributed by atoms with Gasteiger partial charge in [-0.15, -0.1) is 12.4 Å². The van der Waals surface area contributed by atoms with Crippen LogP contribution in [0.2, 0.25) is 0 Å². The molecule has 0 atom stereocenters. The van der Waals surface area contributed by atoms with Gasteiger partial charge in [0.1, 0.15) is 5.69 Å². The van der Waals surface area contributed by atoms with E-state index in [0.717, 1.165) is 0 Å². The van der Waals surface area contributed by atoms with Crippen LogP contribution in [0.3, 0.4) is 0 Å². The van der Waals surface area contributed by atoms with Crippen molar-refractivity contribution in [2.24, 2.45) is 4.99 Å². The molecule has 1 aromatic heterocycles. The van der Waals surface area contributed by atoms with E-state index in [1.54, 1.807) is 13.1 Å². The maximum absolute atomic E-state index is 9.82. The molecular weight excluding hydrogens is 182 g/mol. The Morgan fingerprint density at radius 1 is 1.83 bits per heavy atom. The van der Waals surface area contributed by atoms with Crippen LogP contribution < -0.4 is 0 Å². The summed E-state index contributed by atoms with van der Waals surface area (Å²) in [6.45, 7) is 1.92. The SMILES string of the molecule is CC(=Nc1cn[nH]c1)OC=O.Cl. The van der Waals surface area contributed by atoms with Crippen LogP contribution in [0, 0.1) is 0 Å². The van der Waals surface area contributed by atoms with Crippen LogP contribution >= 0.6 is 12.4 Å². The third-order valence-electron chi connectivity index (χ3n) is 0.989. The zero-order valence-electron chi connectivity index (χ0n) is 6.35. The molecule has 0 aromatic carbocycles. The van der Waals surface area contributed by atoms with Gasteiger partial charge >= 0.3 is 0 Å². The second kappa shape index (κ2) is 5.31. The highest BCUT2D eigenvalue weighted by Crippen LogP contribution is 2.06. The minimum absolute atomic E-state index is 0. The molecule has 0 aliphatic rings. The number of rotatable bonds is 2. The smallest absolute Gasteiger partial charge is 0.299 e. The van der Waals surface area contributed by atoms with Gasteiger partial charge < -0.3 is 4.74 Å². The molecule has 1 aromatic rings. The second-order valence-electron chi connectivity index (χ2n) is 1.80. The van der Waals surface area contributed by atoms with Gasteiger partial charge in [-0.05, 0) is 0 Å². The van der Waals surface area contributed by atoms with Crippen molar-refractivity contribution in [2.75, 3.05) is 0 Å². The van der Waals surface area contributed by atoms with Crippen molar-refractivity contribution in [3.05, 3.63) is 12.4 Å². The van der Waals surface area contributed by atoms with Crippen LogP contribution in [0.5, 0.6) is 0 Å². The minimum atomic E-state index is 0. The molecule has 0 amide bonds. The molecule has 0 aliphatic heterocycles. The minimum Gasteiger partial charge on any atom is -0.414 e. The van der Waals surface area contributed by atoms with Crippen molar-refractivity contribution in [3.8, 4) is 0 Å². The van der Waals surface area contributed by atoms with Crippen molar-refractivity contribution in [1.82, 2.24) is 10.2 Å². The maximum atomic E-state index is 9.82. The highest BCUT2D eigenvalue weighted by molar-refractivity contribution is 5.85. The summed E-state index contributed by atoms with van der Waals surface area (Å²) in [5.74, 6) is 0.293. The molecule has 0 aliphatic carbocycles. The molecule has 0 spiro atoms. The van der Waals surface area contributed by atoms with E-state index in [1.807, 2.05) is 0 Å². The van der Waals surface area contributed by atoms with Crippen molar-refractivity contribution in [3.63, 3.8) is 0 Å². The number of aromatic nitrogens is 2. The van der Waals surface area contributed by atoms with Crippen molar-refractivity contribution >= 4 is 30.5 Å². The molecule has 0 saturated carbocycles. The predicted molar refractivity (Wildman–Crippen MR) is 45.8 cm³/mol. The lowest BCUT2D eigenvalue weighted by atomic mass is 10.6. The maximum Gasteiger partial charge on any atom is 0.299 e. The average Bonchev–Trinajstić information content (AvgIpc) is 2.40. The van der Waals surface area contributed by atoms with Gasteiger partial charge in [-0.1, -0.05) is 0 Å². The Labute approximate surface area is 75.2 Å².